The Hall–Kier alpha value is -1.40. The molecule has 136 valence electrons. The van der Waals surface area contributed by atoms with E-state index in [4.69, 9.17) is 9.26 Å². The lowest BCUT2D eigenvalue weighted by molar-refractivity contribution is 0.0876. The Kier molecular flexibility index (Phi) is 7.42. The van der Waals surface area contributed by atoms with Crippen molar-refractivity contribution in [2.75, 3.05) is 19.8 Å². The second-order valence-electron chi connectivity index (χ2n) is 6.34. The summed E-state index contributed by atoms with van der Waals surface area (Å²) < 4.78 is 22.7. The summed E-state index contributed by atoms with van der Waals surface area (Å²) in [4.78, 5) is 22.1. The van der Waals surface area contributed by atoms with Crippen LogP contribution in [0.5, 0.6) is 0 Å². The van der Waals surface area contributed by atoms with Gasteiger partial charge in [0.15, 0.2) is 5.78 Å². The lowest BCUT2D eigenvalue weighted by Crippen LogP contribution is -2.31. The Morgan fingerprint density at radius 3 is 2.42 bits per heavy atom. The number of hydrogen-bond acceptors (Lipinski definition) is 5. The maximum Gasteiger partial charge on any atom is 0.408 e. The molecule has 0 saturated carbocycles. The molecule has 0 aromatic heterocycles. The number of aryl methyl sites for hydroxylation is 1. The lowest BCUT2D eigenvalue weighted by atomic mass is 9.97. The van der Waals surface area contributed by atoms with E-state index in [0.29, 0.717) is 5.56 Å². The van der Waals surface area contributed by atoms with E-state index in [-0.39, 0.29) is 19.8 Å². The minimum atomic E-state index is -4.25. The van der Waals surface area contributed by atoms with Crippen molar-refractivity contribution in [2.45, 2.75) is 33.5 Å². The molecule has 2 atom stereocenters. The summed E-state index contributed by atoms with van der Waals surface area (Å²) in [6.45, 7) is 6.73. The Bertz CT molecular complexity index is 587. The first-order chi connectivity index (χ1) is 11.1. The first-order valence-electron chi connectivity index (χ1n) is 7.69. The zero-order valence-electron chi connectivity index (χ0n) is 14.5. The molecule has 1 aromatic rings. The highest BCUT2D eigenvalue weighted by atomic mass is 31.2. The molecular weight excluding hydrogens is 333 g/mol. The van der Waals surface area contributed by atoms with Crippen LogP contribution < -0.4 is 5.32 Å². The standard InChI is InChI=1S/C16H26NO6P/c1-5-22-15(19)17-14(13-8-6-12(2)7-9-13)24(20,21)23-11-16(3,4)10-18/h6-9,14,18H,5,10-11H2,1-4H3,(H,17,19)(H,20,21). The molecule has 0 radical (unpaired) electrons. The number of nitrogens with one attached hydrogen (secondary N) is 1. The number of alkyl carbamates (subject to hydrolysis) is 1. The van der Waals surface area contributed by atoms with Gasteiger partial charge in [-0.2, -0.15) is 0 Å². The summed E-state index contributed by atoms with van der Waals surface area (Å²) in [6.07, 6.45) is -0.803. The molecule has 1 rings (SSSR count). The predicted octanol–water partition coefficient (Wildman–Crippen LogP) is 2.96. The van der Waals surface area contributed by atoms with Crippen LogP contribution in [0.4, 0.5) is 4.79 Å². The summed E-state index contributed by atoms with van der Waals surface area (Å²) in [5.41, 5.74) is 0.727. The maximum absolute atomic E-state index is 12.7. The van der Waals surface area contributed by atoms with Crippen LogP contribution in [-0.2, 0) is 13.8 Å². The van der Waals surface area contributed by atoms with Crippen LogP contribution in [0, 0.1) is 12.3 Å². The van der Waals surface area contributed by atoms with E-state index in [0.717, 1.165) is 5.56 Å². The summed E-state index contributed by atoms with van der Waals surface area (Å²) in [7, 11) is -4.25. The second-order valence-corrected chi connectivity index (χ2v) is 8.24. The zero-order valence-corrected chi connectivity index (χ0v) is 15.4. The van der Waals surface area contributed by atoms with Crippen LogP contribution in [0.3, 0.4) is 0 Å². The van der Waals surface area contributed by atoms with Gasteiger partial charge in [-0.15, -0.1) is 0 Å². The predicted molar refractivity (Wildman–Crippen MR) is 90.7 cm³/mol. The molecule has 1 aromatic carbocycles. The van der Waals surface area contributed by atoms with Crippen LogP contribution in [0.15, 0.2) is 24.3 Å². The summed E-state index contributed by atoms with van der Waals surface area (Å²) in [6, 6.07) is 6.84. The molecule has 1 amide bonds. The maximum atomic E-state index is 12.7. The van der Waals surface area contributed by atoms with Gasteiger partial charge in [-0.1, -0.05) is 43.7 Å². The van der Waals surface area contributed by atoms with Gasteiger partial charge in [0, 0.05) is 5.41 Å². The lowest BCUT2D eigenvalue weighted by Gasteiger charge is -2.28. The second kappa shape index (κ2) is 8.62. The van der Waals surface area contributed by atoms with Gasteiger partial charge in [0.05, 0.1) is 19.8 Å². The fourth-order valence-electron chi connectivity index (χ4n) is 1.77. The van der Waals surface area contributed by atoms with Crippen LogP contribution in [-0.4, -0.2) is 35.9 Å². The van der Waals surface area contributed by atoms with Crippen molar-refractivity contribution in [1.82, 2.24) is 5.32 Å². The number of carbonyl (C=O) groups is 1. The van der Waals surface area contributed by atoms with Gasteiger partial charge in [-0.05, 0) is 19.4 Å². The Balaban J connectivity index is 3.04. The first-order valence-corrected chi connectivity index (χ1v) is 9.33. The van der Waals surface area contributed by atoms with Gasteiger partial charge in [0.25, 0.3) is 0 Å². The van der Waals surface area contributed by atoms with Crippen molar-refractivity contribution in [3.05, 3.63) is 35.4 Å². The number of rotatable bonds is 8. The number of aliphatic hydroxyl groups is 1. The molecule has 3 N–H and O–H groups in total. The molecule has 8 heteroatoms. The number of amides is 1. The van der Waals surface area contributed by atoms with Crippen LogP contribution in [0.25, 0.3) is 0 Å². The van der Waals surface area contributed by atoms with E-state index in [1.54, 1.807) is 45.0 Å². The van der Waals surface area contributed by atoms with Crippen molar-refractivity contribution in [1.29, 1.82) is 0 Å². The summed E-state index contributed by atoms with van der Waals surface area (Å²) in [5, 5.41) is 11.6. The molecule has 0 saturated heterocycles. The van der Waals surface area contributed by atoms with Crippen molar-refractivity contribution >= 4 is 13.7 Å². The summed E-state index contributed by atoms with van der Waals surface area (Å²) in [5.74, 6) is -1.26. The van der Waals surface area contributed by atoms with Gasteiger partial charge in [0.2, 0.25) is 0 Å². The number of hydrogen-bond donors (Lipinski definition) is 3. The third-order valence-corrected chi connectivity index (χ3v) is 4.90. The van der Waals surface area contributed by atoms with Crippen LogP contribution >= 0.6 is 7.60 Å². The fraction of sp³-hybridized carbons (Fsp3) is 0.562. The highest BCUT2D eigenvalue weighted by Gasteiger charge is 2.37. The molecule has 0 bridgehead atoms. The zero-order chi connectivity index (χ0) is 18.4. The van der Waals surface area contributed by atoms with Gasteiger partial charge in [-0.3, -0.25) is 4.57 Å². The van der Waals surface area contributed by atoms with Gasteiger partial charge in [-0.25, -0.2) is 4.79 Å². The van der Waals surface area contributed by atoms with Gasteiger partial charge < -0.3 is 24.6 Å². The third-order valence-electron chi connectivity index (χ3n) is 3.32. The van der Waals surface area contributed by atoms with Crippen LogP contribution in [0.2, 0.25) is 0 Å². The molecule has 0 heterocycles. The van der Waals surface area contributed by atoms with Gasteiger partial charge >= 0.3 is 13.7 Å². The number of benzene rings is 1. The SMILES string of the molecule is CCOC(=O)NC(c1ccc(C)cc1)P(=O)(O)OCC(C)(C)CO. The largest absolute Gasteiger partial charge is 0.450 e. The highest BCUT2D eigenvalue weighted by Crippen LogP contribution is 2.55. The molecule has 0 aliphatic carbocycles. The molecule has 0 aliphatic heterocycles. The van der Waals surface area contributed by atoms with Crippen LogP contribution in [0.1, 0.15) is 37.7 Å². The topological polar surface area (TPSA) is 105 Å². The van der Waals surface area contributed by atoms with E-state index in [1.165, 1.54) is 0 Å². The van der Waals surface area contributed by atoms with Crippen molar-refractivity contribution in [3.8, 4) is 0 Å². The first kappa shape index (κ1) is 20.6. The van der Waals surface area contributed by atoms with E-state index in [2.05, 4.69) is 5.32 Å². The van der Waals surface area contributed by atoms with E-state index < -0.39 is 24.9 Å². The molecule has 2 unspecified atom stereocenters. The highest BCUT2D eigenvalue weighted by molar-refractivity contribution is 7.53. The molecule has 0 aliphatic rings. The van der Waals surface area contributed by atoms with E-state index in [9.17, 15) is 19.4 Å². The molecule has 0 fully saturated rings. The average Bonchev–Trinajstić information content (AvgIpc) is 2.52. The molecular formula is C16H26NO6P. The molecule has 24 heavy (non-hydrogen) atoms. The number of aliphatic hydroxyl groups excluding tert-OH is 1. The summed E-state index contributed by atoms with van der Waals surface area (Å²) >= 11 is 0. The Morgan fingerprint density at radius 1 is 1.33 bits per heavy atom. The van der Waals surface area contributed by atoms with Crippen molar-refractivity contribution in [2.24, 2.45) is 5.41 Å². The fourth-order valence-corrected chi connectivity index (χ4v) is 3.27. The van der Waals surface area contributed by atoms with Crippen molar-refractivity contribution < 1.29 is 28.6 Å². The van der Waals surface area contributed by atoms with E-state index in [1.807, 2.05) is 6.92 Å². The minimum absolute atomic E-state index is 0.135. The quantitative estimate of drug-likeness (QED) is 0.616. The van der Waals surface area contributed by atoms with Gasteiger partial charge in [0.1, 0.15) is 0 Å². The molecule has 7 nitrogen and oxygen atoms in total. The minimum Gasteiger partial charge on any atom is -0.450 e. The van der Waals surface area contributed by atoms with Crippen molar-refractivity contribution in [3.63, 3.8) is 0 Å². The Labute approximate surface area is 142 Å². The normalized spacial score (nSPS) is 15.4. The Morgan fingerprint density at radius 2 is 1.92 bits per heavy atom. The average molecular weight is 359 g/mol. The number of ether oxygens (including phenoxy) is 1. The smallest absolute Gasteiger partial charge is 0.408 e. The third kappa shape index (κ3) is 6.24. The monoisotopic (exact) mass is 359 g/mol. The number of carbonyl (C=O) groups excluding carboxylic acids is 1. The van der Waals surface area contributed by atoms with E-state index >= 15 is 0 Å². The molecule has 0 spiro atoms.